The smallest absolute Gasteiger partial charge is 0.226 e. The van der Waals surface area contributed by atoms with Crippen LogP contribution >= 0.6 is 0 Å². The lowest BCUT2D eigenvalue weighted by Gasteiger charge is -2.36. The van der Waals surface area contributed by atoms with Crippen LogP contribution in [0.5, 0.6) is 5.75 Å². The van der Waals surface area contributed by atoms with E-state index in [0.717, 1.165) is 36.4 Å². The van der Waals surface area contributed by atoms with E-state index in [2.05, 4.69) is 4.90 Å². The van der Waals surface area contributed by atoms with Gasteiger partial charge < -0.3 is 14.5 Å². The molecule has 5 nitrogen and oxygen atoms in total. The Labute approximate surface area is 154 Å². The Morgan fingerprint density at radius 3 is 2.46 bits per heavy atom. The Balaban J connectivity index is 1.43. The molecule has 1 aliphatic rings. The molecule has 1 aliphatic heterocycles. The van der Waals surface area contributed by atoms with E-state index in [0.29, 0.717) is 31.7 Å². The molecule has 5 heteroatoms. The predicted molar refractivity (Wildman–Crippen MR) is 102 cm³/mol. The fourth-order valence-electron chi connectivity index (χ4n) is 3.10. The first-order valence-electron chi connectivity index (χ1n) is 8.93. The Morgan fingerprint density at radius 1 is 1.08 bits per heavy atom. The molecule has 136 valence electrons. The van der Waals surface area contributed by atoms with E-state index in [1.54, 1.807) is 0 Å². The van der Waals surface area contributed by atoms with Crippen molar-refractivity contribution in [2.24, 2.45) is 0 Å². The van der Waals surface area contributed by atoms with E-state index in [1.807, 2.05) is 60.4 Å². The van der Waals surface area contributed by atoms with Gasteiger partial charge in [0.25, 0.3) is 0 Å². The quantitative estimate of drug-likeness (QED) is 0.750. The summed E-state index contributed by atoms with van der Waals surface area (Å²) in [4.78, 5) is 27.2. The molecular weight excluding hydrogens is 328 g/mol. The molecule has 3 rings (SSSR count). The number of carbonyl (C=O) groups excluding carboxylic acids is 2. The van der Waals surface area contributed by atoms with E-state index in [9.17, 15) is 9.59 Å². The van der Waals surface area contributed by atoms with Crippen LogP contribution in [0, 0.1) is 6.92 Å². The van der Waals surface area contributed by atoms with E-state index in [-0.39, 0.29) is 5.91 Å². The molecule has 0 unspecified atom stereocenters. The van der Waals surface area contributed by atoms with Gasteiger partial charge in [-0.15, -0.1) is 0 Å². The first kappa shape index (κ1) is 18.0. The van der Waals surface area contributed by atoms with Crippen molar-refractivity contribution in [3.05, 3.63) is 59.7 Å². The lowest BCUT2D eigenvalue weighted by molar-refractivity contribution is -0.132. The number of amides is 1. The molecule has 0 saturated carbocycles. The molecule has 0 bridgehead atoms. The molecule has 1 amide bonds. The summed E-state index contributed by atoms with van der Waals surface area (Å²) in [5.41, 5.74) is 2.91. The summed E-state index contributed by atoms with van der Waals surface area (Å²) in [7, 11) is 0. The van der Waals surface area contributed by atoms with Crippen LogP contribution in [0.3, 0.4) is 0 Å². The standard InChI is InChI=1S/C21H24N2O3/c1-17-3-2-4-20(15-17)26-14-9-21(25)23-12-10-22(11-13-23)19-7-5-18(16-24)6-8-19/h2-8,15-16H,9-14H2,1H3. The summed E-state index contributed by atoms with van der Waals surface area (Å²) in [5, 5.41) is 0. The van der Waals surface area contributed by atoms with Crippen molar-refractivity contribution in [1.82, 2.24) is 4.90 Å². The van der Waals surface area contributed by atoms with Crippen molar-refractivity contribution in [3.8, 4) is 5.75 Å². The molecule has 2 aromatic carbocycles. The lowest BCUT2D eigenvalue weighted by Crippen LogP contribution is -2.49. The van der Waals surface area contributed by atoms with Gasteiger partial charge in [0.05, 0.1) is 13.0 Å². The molecule has 1 fully saturated rings. The van der Waals surface area contributed by atoms with Gasteiger partial charge in [-0.05, 0) is 48.9 Å². The zero-order valence-electron chi connectivity index (χ0n) is 15.1. The maximum absolute atomic E-state index is 12.4. The zero-order chi connectivity index (χ0) is 18.4. The highest BCUT2D eigenvalue weighted by atomic mass is 16.5. The van der Waals surface area contributed by atoms with Gasteiger partial charge in [-0.2, -0.15) is 0 Å². The number of piperazine rings is 1. The highest BCUT2D eigenvalue weighted by Gasteiger charge is 2.21. The average molecular weight is 352 g/mol. The fraction of sp³-hybridized carbons (Fsp3) is 0.333. The number of ether oxygens (including phenoxy) is 1. The first-order valence-corrected chi connectivity index (χ1v) is 8.93. The third kappa shape index (κ3) is 4.63. The van der Waals surface area contributed by atoms with Crippen molar-refractivity contribution in [2.75, 3.05) is 37.7 Å². The summed E-state index contributed by atoms with van der Waals surface area (Å²) in [6.45, 7) is 5.42. The fourth-order valence-corrected chi connectivity index (χ4v) is 3.10. The third-order valence-electron chi connectivity index (χ3n) is 4.60. The summed E-state index contributed by atoms with van der Waals surface area (Å²) in [5.74, 6) is 0.940. The van der Waals surface area contributed by atoms with Crippen LogP contribution in [-0.2, 0) is 4.79 Å². The van der Waals surface area contributed by atoms with Crippen LogP contribution < -0.4 is 9.64 Å². The minimum Gasteiger partial charge on any atom is -0.493 e. The molecule has 2 aromatic rings. The van der Waals surface area contributed by atoms with E-state index in [4.69, 9.17) is 4.74 Å². The van der Waals surface area contributed by atoms with E-state index < -0.39 is 0 Å². The molecule has 0 aliphatic carbocycles. The number of benzene rings is 2. The summed E-state index contributed by atoms with van der Waals surface area (Å²) >= 11 is 0. The van der Waals surface area contributed by atoms with Gasteiger partial charge in [0, 0.05) is 37.4 Å². The van der Waals surface area contributed by atoms with Crippen molar-refractivity contribution in [1.29, 1.82) is 0 Å². The Bertz CT molecular complexity index is 750. The molecule has 26 heavy (non-hydrogen) atoms. The molecular formula is C21H24N2O3. The number of hydrogen-bond donors (Lipinski definition) is 0. The van der Waals surface area contributed by atoms with Gasteiger partial charge >= 0.3 is 0 Å². The summed E-state index contributed by atoms with van der Waals surface area (Å²) in [6.07, 6.45) is 1.24. The summed E-state index contributed by atoms with van der Waals surface area (Å²) in [6, 6.07) is 15.4. The van der Waals surface area contributed by atoms with Gasteiger partial charge in [0.2, 0.25) is 5.91 Å². The predicted octanol–water partition coefficient (Wildman–Crippen LogP) is 2.93. The molecule has 0 N–H and O–H groups in total. The zero-order valence-corrected chi connectivity index (χ0v) is 15.1. The Kier molecular flexibility index (Phi) is 5.89. The minimum absolute atomic E-state index is 0.133. The second-order valence-corrected chi connectivity index (χ2v) is 6.49. The number of rotatable bonds is 6. The topological polar surface area (TPSA) is 49.9 Å². The first-order chi connectivity index (χ1) is 12.7. The van der Waals surface area contributed by atoms with Gasteiger partial charge in [0.1, 0.15) is 12.0 Å². The summed E-state index contributed by atoms with van der Waals surface area (Å²) < 4.78 is 5.67. The number of hydrogen-bond acceptors (Lipinski definition) is 4. The molecule has 1 saturated heterocycles. The molecule has 0 spiro atoms. The van der Waals surface area contributed by atoms with Crippen molar-refractivity contribution in [2.45, 2.75) is 13.3 Å². The van der Waals surface area contributed by atoms with Gasteiger partial charge in [-0.1, -0.05) is 12.1 Å². The third-order valence-corrected chi connectivity index (χ3v) is 4.60. The number of nitrogens with zero attached hydrogens (tertiary/aromatic N) is 2. The van der Waals surface area contributed by atoms with Crippen LogP contribution in [0.25, 0.3) is 0 Å². The van der Waals surface area contributed by atoms with E-state index in [1.165, 1.54) is 0 Å². The number of carbonyl (C=O) groups is 2. The van der Waals surface area contributed by atoms with Crippen LogP contribution in [0.1, 0.15) is 22.3 Å². The largest absolute Gasteiger partial charge is 0.493 e. The monoisotopic (exact) mass is 352 g/mol. The molecule has 0 aromatic heterocycles. The van der Waals surface area contributed by atoms with Crippen LogP contribution in [0.2, 0.25) is 0 Å². The maximum Gasteiger partial charge on any atom is 0.226 e. The van der Waals surface area contributed by atoms with Gasteiger partial charge in [-0.25, -0.2) is 0 Å². The molecule has 0 radical (unpaired) electrons. The number of aryl methyl sites for hydroxylation is 1. The number of anilines is 1. The minimum atomic E-state index is 0.133. The Hall–Kier alpha value is -2.82. The normalized spacial score (nSPS) is 14.2. The van der Waals surface area contributed by atoms with Gasteiger partial charge in [-0.3, -0.25) is 9.59 Å². The van der Waals surface area contributed by atoms with Crippen molar-refractivity contribution >= 4 is 17.9 Å². The second kappa shape index (κ2) is 8.52. The van der Waals surface area contributed by atoms with Crippen molar-refractivity contribution in [3.63, 3.8) is 0 Å². The lowest BCUT2D eigenvalue weighted by atomic mass is 10.2. The maximum atomic E-state index is 12.4. The second-order valence-electron chi connectivity index (χ2n) is 6.49. The molecule has 0 atom stereocenters. The number of aldehydes is 1. The van der Waals surface area contributed by atoms with E-state index >= 15 is 0 Å². The van der Waals surface area contributed by atoms with Crippen LogP contribution in [-0.4, -0.2) is 49.9 Å². The molecule has 1 heterocycles. The van der Waals surface area contributed by atoms with Gasteiger partial charge in [0.15, 0.2) is 0 Å². The van der Waals surface area contributed by atoms with Crippen molar-refractivity contribution < 1.29 is 14.3 Å². The average Bonchev–Trinajstić information content (AvgIpc) is 2.68. The highest BCUT2D eigenvalue weighted by Crippen LogP contribution is 2.17. The SMILES string of the molecule is Cc1cccc(OCCC(=O)N2CCN(c3ccc(C=O)cc3)CC2)c1. The highest BCUT2D eigenvalue weighted by molar-refractivity contribution is 5.77. The Morgan fingerprint density at radius 2 is 1.81 bits per heavy atom. The van der Waals surface area contributed by atoms with Crippen LogP contribution in [0.4, 0.5) is 5.69 Å². The van der Waals surface area contributed by atoms with Crippen LogP contribution in [0.15, 0.2) is 48.5 Å².